The Hall–Kier alpha value is -2.14. The van der Waals surface area contributed by atoms with Crippen LogP contribution in [0.25, 0.3) is 0 Å². The summed E-state index contributed by atoms with van der Waals surface area (Å²) in [7, 11) is 0. The standard InChI is InChI=1S/C21H20BrNO3/c1-13-2-11-18-19(12-13)21(25)23(20(18)24)15-5-9-17(10-6-15)26-16-7-3-14(22)4-8-16/h3-10,13,18-19H,2,11-12H2,1H3/t13-,18+,19-/m1/s1. The predicted octanol–water partition coefficient (Wildman–Crippen LogP) is 5.17. The zero-order valence-corrected chi connectivity index (χ0v) is 16.1. The van der Waals surface area contributed by atoms with E-state index in [9.17, 15) is 9.59 Å². The fourth-order valence-corrected chi connectivity index (χ4v) is 4.21. The number of hydrogen-bond acceptors (Lipinski definition) is 3. The van der Waals surface area contributed by atoms with Crippen molar-refractivity contribution in [3.05, 3.63) is 53.0 Å². The number of halogens is 1. The van der Waals surface area contributed by atoms with Crippen molar-refractivity contribution in [1.29, 1.82) is 0 Å². The molecule has 0 radical (unpaired) electrons. The van der Waals surface area contributed by atoms with Crippen molar-refractivity contribution in [3.8, 4) is 11.5 Å². The van der Waals surface area contributed by atoms with Gasteiger partial charge in [0.05, 0.1) is 17.5 Å². The van der Waals surface area contributed by atoms with Gasteiger partial charge in [-0.3, -0.25) is 14.5 Å². The van der Waals surface area contributed by atoms with Gasteiger partial charge in [-0.25, -0.2) is 0 Å². The second kappa shape index (κ2) is 6.88. The van der Waals surface area contributed by atoms with Gasteiger partial charge in [-0.05, 0) is 73.7 Å². The minimum Gasteiger partial charge on any atom is -0.457 e. The van der Waals surface area contributed by atoms with E-state index in [0.29, 0.717) is 17.4 Å². The Balaban J connectivity index is 1.52. The molecule has 0 N–H and O–H groups in total. The number of benzene rings is 2. The lowest BCUT2D eigenvalue weighted by atomic mass is 9.76. The van der Waals surface area contributed by atoms with Crippen molar-refractivity contribution >= 4 is 33.4 Å². The summed E-state index contributed by atoms with van der Waals surface area (Å²) in [6.07, 6.45) is 2.65. The Morgan fingerprint density at radius 3 is 2.12 bits per heavy atom. The van der Waals surface area contributed by atoms with Crippen LogP contribution in [-0.2, 0) is 9.59 Å². The first-order valence-corrected chi connectivity index (χ1v) is 9.73. The van der Waals surface area contributed by atoms with Gasteiger partial charge in [0.15, 0.2) is 0 Å². The van der Waals surface area contributed by atoms with E-state index in [4.69, 9.17) is 4.74 Å². The van der Waals surface area contributed by atoms with Crippen LogP contribution < -0.4 is 9.64 Å². The van der Waals surface area contributed by atoms with E-state index >= 15 is 0 Å². The minimum atomic E-state index is -0.148. The van der Waals surface area contributed by atoms with Crippen LogP contribution in [0, 0.1) is 17.8 Å². The number of carbonyl (C=O) groups excluding carboxylic acids is 2. The molecule has 26 heavy (non-hydrogen) atoms. The maximum Gasteiger partial charge on any atom is 0.237 e. The topological polar surface area (TPSA) is 46.6 Å². The zero-order chi connectivity index (χ0) is 18.3. The van der Waals surface area contributed by atoms with Gasteiger partial charge >= 0.3 is 0 Å². The van der Waals surface area contributed by atoms with E-state index in [2.05, 4.69) is 22.9 Å². The highest BCUT2D eigenvalue weighted by Crippen LogP contribution is 2.42. The number of imide groups is 1. The number of amides is 2. The third-order valence-electron chi connectivity index (χ3n) is 5.33. The number of rotatable bonds is 3. The first-order valence-electron chi connectivity index (χ1n) is 8.94. The molecule has 2 amide bonds. The molecular formula is C21H20BrNO3. The molecule has 134 valence electrons. The Kier molecular flexibility index (Phi) is 4.57. The lowest BCUT2D eigenvalue weighted by Crippen LogP contribution is -2.30. The fraction of sp³-hybridized carbons (Fsp3) is 0.333. The lowest BCUT2D eigenvalue weighted by molar-refractivity contribution is -0.122. The van der Waals surface area contributed by atoms with Crippen LogP contribution in [0.15, 0.2) is 53.0 Å². The highest BCUT2D eigenvalue weighted by atomic mass is 79.9. The molecule has 2 aliphatic rings. The maximum atomic E-state index is 12.8. The van der Waals surface area contributed by atoms with Crippen LogP contribution in [0.4, 0.5) is 5.69 Å². The molecule has 4 nitrogen and oxygen atoms in total. The van der Waals surface area contributed by atoms with Crippen LogP contribution in [0.3, 0.4) is 0 Å². The van der Waals surface area contributed by atoms with Gasteiger partial charge < -0.3 is 4.74 Å². The number of hydrogen-bond donors (Lipinski definition) is 0. The van der Waals surface area contributed by atoms with Crippen LogP contribution in [0.2, 0.25) is 0 Å². The van der Waals surface area contributed by atoms with E-state index < -0.39 is 0 Å². The van der Waals surface area contributed by atoms with Crippen molar-refractivity contribution in [2.24, 2.45) is 17.8 Å². The average molecular weight is 414 g/mol. The SMILES string of the molecule is C[C@@H]1CC[C@@H]2C(=O)N(c3ccc(Oc4ccc(Br)cc4)cc3)C(=O)[C@@H]2C1. The third kappa shape index (κ3) is 3.16. The van der Waals surface area contributed by atoms with Crippen LogP contribution in [-0.4, -0.2) is 11.8 Å². The van der Waals surface area contributed by atoms with Gasteiger partial charge in [0.2, 0.25) is 11.8 Å². The first kappa shape index (κ1) is 17.3. The smallest absolute Gasteiger partial charge is 0.237 e. The summed E-state index contributed by atoms with van der Waals surface area (Å²) in [4.78, 5) is 26.9. The molecule has 2 aromatic rings. The molecular weight excluding hydrogens is 394 g/mol. The molecule has 0 bridgehead atoms. The molecule has 1 aliphatic carbocycles. The summed E-state index contributed by atoms with van der Waals surface area (Å²) in [6, 6.07) is 14.7. The van der Waals surface area contributed by atoms with E-state index in [1.165, 1.54) is 4.90 Å². The summed E-state index contributed by atoms with van der Waals surface area (Å²) in [5, 5.41) is 0. The van der Waals surface area contributed by atoms with Crippen molar-refractivity contribution in [1.82, 2.24) is 0 Å². The second-order valence-electron chi connectivity index (χ2n) is 7.19. The zero-order valence-electron chi connectivity index (χ0n) is 14.5. The summed E-state index contributed by atoms with van der Waals surface area (Å²) in [5.41, 5.74) is 0.630. The van der Waals surface area contributed by atoms with Crippen LogP contribution >= 0.6 is 15.9 Å². The average Bonchev–Trinajstić information content (AvgIpc) is 2.88. The third-order valence-corrected chi connectivity index (χ3v) is 5.86. The van der Waals surface area contributed by atoms with E-state index in [0.717, 1.165) is 29.5 Å². The Morgan fingerprint density at radius 1 is 0.885 bits per heavy atom. The van der Waals surface area contributed by atoms with Gasteiger partial charge in [-0.15, -0.1) is 0 Å². The summed E-state index contributed by atoms with van der Waals surface area (Å²) in [6.45, 7) is 2.16. The van der Waals surface area contributed by atoms with Gasteiger partial charge in [0, 0.05) is 4.47 Å². The molecule has 1 aliphatic heterocycles. The molecule has 1 saturated carbocycles. The number of fused-ring (bicyclic) bond motifs is 1. The minimum absolute atomic E-state index is 0.0477. The molecule has 3 atom stereocenters. The van der Waals surface area contributed by atoms with Crippen molar-refractivity contribution in [2.75, 3.05) is 4.90 Å². The Morgan fingerprint density at radius 2 is 1.46 bits per heavy atom. The molecule has 2 fully saturated rings. The quantitative estimate of drug-likeness (QED) is 0.652. The normalized spacial score (nSPS) is 25.3. The lowest BCUT2D eigenvalue weighted by Gasteiger charge is -2.25. The molecule has 2 aromatic carbocycles. The molecule has 0 aromatic heterocycles. The molecule has 5 heteroatoms. The summed E-state index contributed by atoms with van der Waals surface area (Å²) in [5.74, 6) is 1.52. The molecule has 0 unspecified atom stereocenters. The molecule has 1 heterocycles. The van der Waals surface area contributed by atoms with Gasteiger partial charge in [-0.1, -0.05) is 22.9 Å². The van der Waals surface area contributed by atoms with E-state index in [1.54, 1.807) is 24.3 Å². The summed E-state index contributed by atoms with van der Waals surface area (Å²) < 4.78 is 6.79. The highest BCUT2D eigenvalue weighted by molar-refractivity contribution is 9.10. The first-order chi connectivity index (χ1) is 12.5. The predicted molar refractivity (Wildman–Crippen MR) is 103 cm³/mol. The number of ether oxygens (including phenoxy) is 1. The second-order valence-corrected chi connectivity index (χ2v) is 8.11. The largest absolute Gasteiger partial charge is 0.457 e. The van der Waals surface area contributed by atoms with Crippen molar-refractivity contribution in [3.63, 3.8) is 0 Å². The number of anilines is 1. The molecule has 0 spiro atoms. The monoisotopic (exact) mass is 413 g/mol. The van der Waals surface area contributed by atoms with Gasteiger partial charge in [0.1, 0.15) is 11.5 Å². The summed E-state index contributed by atoms with van der Waals surface area (Å²) >= 11 is 3.39. The maximum absolute atomic E-state index is 12.8. The highest BCUT2D eigenvalue weighted by Gasteiger charge is 2.49. The van der Waals surface area contributed by atoms with Crippen molar-refractivity contribution in [2.45, 2.75) is 26.2 Å². The van der Waals surface area contributed by atoms with Gasteiger partial charge in [-0.2, -0.15) is 0 Å². The van der Waals surface area contributed by atoms with E-state index in [-0.39, 0.29) is 23.7 Å². The fourth-order valence-electron chi connectivity index (χ4n) is 3.95. The Bertz CT molecular complexity index is 831. The number of nitrogens with zero attached hydrogens (tertiary/aromatic N) is 1. The number of carbonyl (C=O) groups is 2. The van der Waals surface area contributed by atoms with Crippen LogP contribution in [0.5, 0.6) is 11.5 Å². The van der Waals surface area contributed by atoms with Crippen molar-refractivity contribution < 1.29 is 14.3 Å². The molecule has 1 saturated heterocycles. The van der Waals surface area contributed by atoms with E-state index in [1.807, 2.05) is 24.3 Å². The van der Waals surface area contributed by atoms with Gasteiger partial charge in [0.25, 0.3) is 0 Å². The molecule has 4 rings (SSSR count). The Labute approximate surface area is 161 Å². The van der Waals surface area contributed by atoms with Crippen LogP contribution in [0.1, 0.15) is 26.2 Å².